The molecule has 0 saturated heterocycles. The fourth-order valence-corrected chi connectivity index (χ4v) is 4.59. The minimum atomic E-state index is -3.51. The van der Waals surface area contributed by atoms with Crippen LogP contribution in [0.2, 0.25) is 0 Å². The second-order valence-electron chi connectivity index (χ2n) is 5.76. The van der Waals surface area contributed by atoms with Gasteiger partial charge in [-0.2, -0.15) is 0 Å². The van der Waals surface area contributed by atoms with Crippen LogP contribution >= 0.6 is 0 Å². The maximum Gasteiger partial charge on any atom is 0.190 e. The highest BCUT2D eigenvalue weighted by molar-refractivity contribution is 7.91. The van der Waals surface area contributed by atoms with Gasteiger partial charge in [0.15, 0.2) is 9.84 Å². The normalized spacial score (nSPS) is 12.6. The van der Waals surface area contributed by atoms with Crippen LogP contribution in [0.5, 0.6) is 5.75 Å². The standard InChI is InChI=1S/C19H26N2O3S/c1-4-21(5-2)16-8-6-15(7-9-16)19(14-20)25(22,23)18-12-10-17(24-3)11-13-18/h6-13,19H,4-5,14,20H2,1-3H3/p+1/t19-/m0/s1. The van der Waals surface area contributed by atoms with E-state index < -0.39 is 15.1 Å². The Balaban J connectivity index is 2.34. The highest BCUT2D eigenvalue weighted by Crippen LogP contribution is 2.30. The molecule has 0 spiro atoms. The zero-order chi connectivity index (χ0) is 18.4. The lowest BCUT2D eigenvalue weighted by atomic mass is 10.1. The van der Waals surface area contributed by atoms with E-state index in [4.69, 9.17) is 4.74 Å². The summed E-state index contributed by atoms with van der Waals surface area (Å²) < 4.78 is 31.1. The molecule has 3 N–H and O–H groups in total. The molecule has 2 rings (SSSR count). The van der Waals surface area contributed by atoms with E-state index in [1.807, 2.05) is 24.3 Å². The molecule has 0 bridgehead atoms. The first-order chi connectivity index (χ1) is 12.0. The molecule has 0 aliphatic rings. The molecule has 0 saturated carbocycles. The fourth-order valence-electron chi connectivity index (χ4n) is 2.92. The van der Waals surface area contributed by atoms with Gasteiger partial charge < -0.3 is 15.4 Å². The van der Waals surface area contributed by atoms with Crippen molar-refractivity contribution in [3.05, 3.63) is 54.1 Å². The maximum atomic E-state index is 13.0. The van der Waals surface area contributed by atoms with Crippen LogP contribution in [0.15, 0.2) is 53.4 Å². The van der Waals surface area contributed by atoms with Crippen LogP contribution in [-0.4, -0.2) is 35.2 Å². The Morgan fingerprint density at radius 1 is 1.00 bits per heavy atom. The Hall–Kier alpha value is -2.05. The van der Waals surface area contributed by atoms with Gasteiger partial charge in [0.2, 0.25) is 0 Å². The highest BCUT2D eigenvalue weighted by Gasteiger charge is 2.29. The van der Waals surface area contributed by atoms with Gasteiger partial charge in [0.05, 0.1) is 18.6 Å². The lowest BCUT2D eigenvalue weighted by molar-refractivity contribution is -0.367. The molecule has 6 heteroatoms. The van der Waals surface area contributed by atoms with Crippen LogP contribution in [0.25, 0.3) is 0 Å². The first-order valence-electron chi connectivity index (χ1n) is 8.50. The van der Waals surface area contributed by atoms with Gasteiger partial charge in [-0.25, -0.2) is 8.42 Å². The Labute approximate surface area is 150 Å². The number of anilines is 1. The number of methoxy groups -OCH3 is 1. The number of benzene rings is 2. The van der Waals surface area contributed by atoms with E-state index in [0.717, 1.165) is 24.3 Å². The summed E-state index contributed by atoms with van der Waals surface area (Å²) in [5, 5.41) is -0.661. The lowest BCUT2D eigenvalue weighted by Gasteiger charge is -2.22. The Morgan fingerprint density at radius 2 is 1.56 bits per heavy atom. The van der Waals surface area contributed by atoms with E-state index >= 15 is 0 Å². The monoisotopic (exact) mass is 363 g/mol. The molecule has 0 fully saturated rings. The summed E-state index contributed by atoms with van der Waals surface area (Å²) in [6.45, 7) is 6.31. The van der Waals surface area contributed by atoms with Crippen molar-refractivity contribution < 1.29 is 18.9 Å². The summed E-state index contributed by atoms with van der Waals surface area (Å²) >= 11 is 0. The molecule has 0 unspecified atom stereocenters. The van der Waals surface area contributed by atoms with E-state index in [9.17, 15) is 8.42 Å². The average Bonchev–Trinajstić information content (AvgIpc) is 2.64. The lowest BCUT2D eigenvalue weighted by Crippen LogP contribution is -2.54. The van der Waals surface area contributed by atoms with Gasteiger partial charge >= 0.3 is 0 Å². The van der Waals surface area contributed by atoms with Crippen LogP contribution in [0.4, 0.5) is 5.69 Å². The molecule has 0 aromatic heterocycles. The van der Waals surface area contributed by atoms with Crippen LogP contribution in [0, 0.1) is 0 Å². The minimum absolute atomic E-state index is 0.277. The first-order valence-corrected chi connectivity index (χ1v) is 10.0. The molecule has 2 aromatic rings. The van der Waals surface area contributed by atoms with Crippen molar-refractivity contribution >= 4 is 15.5 Å². The molecule has 25 heavy (non-hydrogen) atoms. The number of sulfone groups is 1. The summed E-state index contributed by atoms with van der Waals surface area (Å²) in [4.78, 5) is 2.51. The third-order valence-corrected chi connectivity index (χ3v) is 6.60. The third kappa shape index (κ3) is 4.14. The molecule has 0 heterocycles. The Morgan fingerprint density at radius 3 is 2.00 bits per heavy atom. The van der Waals surface area contributed by atoms with E-state index in [1.54, 1.807) is 31.4 Å². The smallest absolute Gasteiger partial charge is 0.190 e. The topological polar surface area (TPSA) is 74.3 Å². The molecular formula is C19H27N2O3S+. The van der Waals surface area contributed by atoms with Crippen molar-refractivity contribution in [2.24, 2.45) is 0 Å². The Kier molecular flexibility index (Phi) is 6.45. The van der Waals surface area contributed by atoms with Gasteiger partial charge in [0.1, 0.15) is 11.0 Å². The summed E-state index contributed by atoms with van der Waals surface area (Å²) in [6, 6.07) is 14.2. The van der Waals surface area contributed by atoms with Gasteiger partial charge in [-0.15, -0.1) is 0 Å². The summed E-state index contributed by atoms with van der Waals surface area (Å²) in [6.07, 6.45) is 0. The predicted octanol–water partition coefficient (Wildman–Crippen LogP) is 2.30. The third-order valence-electron chi connectivity index (χ3n) is 4.42. The average molecular weight is 364 g/mol. The van der Waals surface area contributed by atoms with Crippen LogP contribution in [-0.2, 0) is 9.84 Å². The van der Waals surface area contributed by atoms with Crippen molar-refractivity contribution in [3.8, 4) is 5.75 Å². The zero-order valence-electron chi connectivity index (χ0n) is 15.1. The van der Waals surface area contributed by atoms with E-state index in [-0.39, 0.29) is 11.4 Å². The minimum Gasteiger partial charge on any atom is -0.497 e. The molecule has 5 nitrogen and oxygen atoms in total. The summed E-state index contributed by atoms with van der Waals surface area (Å²) in [5.41, 5.74) is 5.72. The van der Waals surface area contributed by atoms with Gasteiger partial charge in [0, 0.05) is 18.8 Å². The Bertz CT molecular complexity index is 767. The van der Waals surface area contributed by atoms with Crippen molar-refractivity contribution in [2.75, 3.05) is 31.6 Å². The van der Waals surface area contributed by atoms with E-state index in [2.05, 4.69) is 24.5 Å². The van der Waals surface area contributed by atoms with Crippen molar-refractivity contribution in [1.29, 1.82) is 0 Å². The highest BCUT2D eigenvalue weighted by atomic mass is 32.2. The molecule has 2 aromatic carbocycles. The fraction of sp³-hybridized carbons (Fsp3) is 0.368. The van der Waals surface area contributed by atoms with Crippen LogP contribution < -0.4 is 15.4 Å². The second kappa shape index (κ2) is 8.36. The van der Waals surface area contributed by atoms with Crippen molar-refractivity contribution in [2.45, 2.75) is 24.0 Å². The summed E-state index contributed by atoms with van der Waals surface area (Å²) in [5.74, 6) is 0.633. The number of quaternary nitrogens is 1. The van der Waals surface area contributed by atoms with Crippen LogP contribution in [0.1, 0.15) is 24.7 Å². The number of hydrogen-bond donors (Lipinski definition) is 1. The molecule has 1 atom stereocenters. The van der Waals surface area contributed by atoms with Crippen LogP contribution in [0.3, 0.4) is 0 Å². The van der Waals surface area contributed by atoms with Crippen molar-refractivity contribution in [1.82, 2.24) is 0 Å². The molecular weight excluding hydrogens is 336 g/mol. The maximum absolute atomic E-state index is 13.0. The molecule has 0 radical (unpaired) electrons. The summed E-state index contributed by atoms with van der Waals surface area (Å²) in [7, 11) is -1.95. The number of hydrogen-bond acceptors (Lipinski definition) is 4. The largest absolute Gasteiger partial charge is 0.497 e. The predicted molar refractivity (Wildman–Crippen MR) is 101 cm³/mol. The number of rotatable bonds is 8. The first kappa shape index (κ1) is 19.3. The number of nitrogens with zero attached hydrogens (tertiary/aromatic N) is 1. The zero-order valence-corrected chi connectivity index (χ0v) is 15.9. The number of ether oxygens (including phenoxy) is 1. The SMILES string of the molecule is CCN(CC)c1ccc([C@H](C[NH3+])S(=O)(=O)c2ccc(OC)cc2)cc1. The second-order valence-corrected chi connectivity index (χ2v) is 7.89. The quantitative estimate of drug-likeness (QED) is 0.781. The van der Waals surface area contributed by atoms with Crippen molar-refractivity contribution in [3.63, 3.8) is 0 Å². The van der Waals surface area contributed by atoms with Gasteiger partial charge in [0.25, 0.3) is 0 Å². The molecule has 136 valence electrons. The van der Waals surface area contributed by atoms with E-state index in [1.165, 1.54) is 0 Å². The molecule has 0 amide bonds. The van der Waals surface area contributed by atoms with Gasteiger partial charge in [-0.05, 0) is 55.8 Å². The van der Waals surface area contributed by atoms with Gasteiger partial charge in [-0.3, -0.25) is 0 Å². The van der Waals surface area contributed by atoms with Gasteiger partial charge in [-0.1, -0.05) is 12.1 Å². The van der Waals surface area contributed by atoms with E-state index in [0.29, 0.717) is 5.75 Å². The molecule has 0 aliphatic heterocycles. The molecule has 0 aliphatic carbocycles.